The number of benzene rings is 8. The van der Waals surface area contributed by atoms with Crippen LogP contribution in [0.4, 0.5) is 68.2 Å². The van der Waals surface area contributed by atoms with E-state index in [4.69, 9.17) is 0 Å². The van der Waals surface area contributed by atoms with Gasteiger partial charge in [-0.2, -0.15) is 0 Å². The molecule has 0 bridgehead atoms. The highest BCUT2D eigenvalue weighted by molar-refractivity contribution is 6.08. The Hall–Kier alpha value is -7.04. The lowest BCUT2D eigenvalue weighted by Crippen LogP contribution is -2.35. The summed E-state index contributed by atoms with van der Waals surface area (Å²) in [5.74, 6) is 0. The first-order valence-corrected chi connectivity index (χ1v) is 21.7. The average Bonchev–Trinajstić information content (AvgIpc) is 3.50. The Kier molecular flexibility index (Phi) is 6.62. The maximum absolute atomic E-state index is 2.58. The smallest absolute Gasteiger partial charge is 0.0744 e. The standard InChI is InChI=1S/C57H46N4/c1-55(2)39-23-17-29-49-53(39)60(47-27-15-13-25-45(47)58(49)35-19-9-7-10-20-35)51-33-41-37(31-43(51)55)38-32-44-52(34-42(38)57(41,5)6)61-48-28-16-14-26-46(48)59(36-21-11-8-12-22-36)50-30-18-24-40(54(50)61)56(44,3)4/h7-34H,1-6H3. The van der Waals surface area contributed by atoms with Crippen molar-refractivity contribution in [3.05, 3.63) is 203 Å². The molecule has 0 atom stereocenters. The summed E-state index contributed by atoms with van der Waals surface area (Å²) in [6, 6.07) is 63.6. The van der Waals surface area contributed by atoms with Gasteiger partial charge in [-0.1, -0.05) is 126 Å². The molecule has 0 saturated carbocycles. The number of rotatable bonds is 2. The highest BCUT2D eigenvalue weighted by Gasteiger charge is 2.48. The van der Waals surface area contributed by atoms with Gasteiger partial charge in [0.05, 0.1) is 56.9 Å². The van der Waals surface area contributed by atoms with Gasteiger partial charge in [0, 0.05) is 27.6 Å². The second-order valence-electron chi connectivity index (χ2n) is 19.0. The third-order valence-electron chi connectivity index (χ3n) is 14.8. The average molecular weight is 787 g/mol. The van der Waals surface area contributed by atoms with Crippen molar-refractivity contribution in [2.75, 3.05) is 19.6 Å². The normalized spacial score (nSPS) is 17.0. The highest BCUT2D eigenvalue weighted by atomic mass is 15.3. The fraction of sp³-hybridized carbons (Fsp3) is 0.158. The molecule has 0 N–H and O–H groups in total. The molecular weight excluding hydrogens is 741 g/mol. The zero-order valence-corrected chi connectivity index (χ0v) is 35.5. The monoisotopic (exact) mass is 786 g/mol. The highest BCUT2D eigenvalue weighted by Crippen LogP contribution is 2.66. The number of hydrogen-bond donors (Lipinski definition) is 0. The van der Waals surface area contributed by atoms with Gasteiger partial charge in [-0.15, -0.1) is 0 Å². The van der Waals surface area contributed by atoms with Gasteiger partial charge in [-0.25, -0.2) is 0 Å². The maximum Gasteiger partial charge on any atom is 0.0744 e. The second-order valence-corrected chi connectivity index (χ2v) is 19.0. The van der Waals surface area contributed by atoms with E-state index in [1.807, 2.05) is 0 Å². The molecule has 0 aromatic heterocycles. The molecule has 1 aliphatic carbocycles. The Morgan fingerprint density at radius 1 is 0.262 bits per heavy atom. The fourth-order valence-corrected chi connectivity index (χ4v) is 11.8. The van der Waals surface area contributed by atoms with Crippen molar-refractivity contribution in [2.24, 2.45) is 0 Å². The van der Waals surface area contributed by atoms with Crippen LogP contribution in [0, 0.1) is 0 Å². The molecule has 8 aromatic carbocycles. The number of nitrogens with zero attached hydrogens (tertiary/aromatic N) is 4. The fourth-order valence-electron chi connectivity index (χ4n) is 11.8. The van der Waals surface area contributed by atoms with Crippen molar-refractivity contribution in [3.8, 4) is 11.1 Å². The molecule has 0 radical (unpaired) electrons. The Balaban J connectivity index is 1.03. The maximum atomic E-state index is 2.58. The van der Waals surface area contributed by atoms with Crippen LogP contribution in [-0.2, 0) is 16.2 Å². The summed E-state index contributed by atoms with van der Waals surface area (Å²) in [4.78, 5) is 10.1. The first-order chi connectivity index (χ1) is 29.6. The SMILES string of the molecule is CC1(C)c2cc3c(cc2-c2cc4c(cc21)N1c2ccccc2N(c2ccccc2)c2cccc(c21)C4(C)C)C(C)(C)c1cccc2c1N3c1ccccc1N2c1ccccc1. The lowest BCUT2D eigenvalue weighted by molar-refractivity contribution is 0.624. The predicted octanol–water partition coefficient (Wildman–Crippen LogP) is 15.8. The topological polar surface area (TPSA) is 13.0 Å². The van der Waals surface area contributed by atoms with E-state index >= 15 is 0 Å². The lowest BCUT2D eigenvalue weighted by Gasteiger charge is -2.48. The molecule has 0 saturated heterocycles. The minimum absolute atomic E-state index is 0.251. The van der Waals surface area contributed by atoms with Crippen LogP contribution in [0.3, 0.4) is 0 Å². The van der Waals surface area contributed by atoms with Crippen LogP contribution in [0.2, 0.25) is 0 Å². The third-order valence-corrected chi connectivity index (χ3v) is 14.8. The molecule has 0 fully saturated rings. The van der Waals surface area contributed by atoms with Gasteiger partial charge < -0.3 is 19.6 Å². The second kappa shape index (κ2) is 11.6. The molecule has 8 aromatic rings. The summed E-state index contributed by atoms with van der Waals surface area (Å²) in [5, 5.41) is 0. The van der Waals surface area contributed by atoms with E-state index in [1.54, 1.807) is 0 Å². The summed E-state index contributed by atoms with van der Waals surface area (Å²) in [6.45, 7) is 14.6. The number of anilines is 12. The van der Waals surface area contributed by atoms with Gasteiger partial charge in [0.2, 0.25) is 0 Å². The quantitative estimate of drug-likeness (QED) is 0.173. The predicted molar refractivity (Wildman–Crippen MR) is 254 cm³/mol. The van der Waals surface area contributed by atoms with Crippen molar-refractivity contribution in [1.82, 2.24) is 0 Å². The minimum Gasteiger partial charge on any atom is -0.306 e. The Morgan fingerprint density at radius 2 is 0.590 bits per heavy atom. The van der Waals surface area contributed by atoms with E-state index in [2.05, 4.69) is 231 Å². The number of hydrogen-bond acceptors (Lipinski definition) is 4. The first kappa shape index (κ1) is 34.8. The van der Waals surface area contributed by atoms with Crippen LogP contribution in [0.1, 0.15) is 74.9 Å². The number of fused-ring (bicyclic) bond motifs is 11. The van der Waals surface area contributed by atoms with E-state index in [-0.39, 0.29) is 16.2 Å². The zero-order chi connectivity index (χ0) is 41.2. The van der Waals surface area contributed by atoms with Crippen LogP contribution < -0.4 is 19.6 Å². The van der Waals surface area contributed by atoms with Crippen molar-refractivity contribution in [3.63, 3.8) is 0 Å². The Labute approximate surface area is 358 Å². The van der Waals surface area contributed by atoms with Crippen LogP contribution in [0.25, 0.3) is 11.1 Å². The molecule has 4 heteroatoms. The van der Waals surface area contributed by atoms with Gasteiger partial charge in [0.15, 0.2) is 0 Å². The molecule has 294 valence electrons. The summed E-state index contributed by atoms with van der Waals surface area (Å²) in [6.07, 6.45) is 0. The molecular formula is C57H46N4. The van der Waals surface area contributed by atoms with Gasteiger partial charge >= 0.3 is 0 Å². The van der Waals surface area contributed by atoms with Crippen LogP contribution in [0.15, 0.2) is 170 Å². The zero-order valence-electron chi connectivity index (χ0n) is 35.5. The largest absolute Gasteiger partial charge is 0.306 e. The van der Waals surface area contributed by atoms with E-state index in [0.29, 0.717) is 0 Å². The third kappa shape index (κ3) is 4.29. The Morgan fingerprint density at radius 3 is 0.984 bits per heavy atom. The summed E-state index contributed by atoms with van der Waals surface area (Å²) in [7, 11) is 0. The van der Waals surface area contributed by atoms with E-state index in [1.165, 1.54) is 113 Å². The molecule has 13 rings (SSSR count). The molecule has 61 heavy (non-hydrogen) atoms. The van der Waals surface area contributed by atoms with Crippen LogP contribution in [-0.4, -0.2) is 0 Å². The lowest BCUT2D eigenvalue weighted by atomic mass is 9.71. The van der Waals surface area contributed by atoms with E-state index < -0.39 is 0 Å². The first-order valence-electron chi connectivity index (χ1n) is 21.7. The Bertz CT molecular complexity index is 2980. The van der Waals surface area contributed by atoms with Crippen molar-refractivity contribution in [2.45, 2.75) is 57.8 Å². The molecule has 0 unspecified atom stereocenters. The van der Waals surface area contributed by atoms with Crippen molar-refractivity contribution in [1.29, 1.82) is 0 Å². The molecule has 4 nitrogen and oxygen atoms in total. The van der Waals surface area contributed by atoms with Crippen LogP contribution >= 0.6 is 0 Å². The summed E-state index contributed by atoms with van der Waals surface area (Å²) >= 11 is 0. The molecule has 0 amide bonds. The summed E-state index contributed by atoms with van der Waals surface area (Å²) < 4.78 is 0. The molecule has 4 aliphatic heterocycles. The van der Waals surface area contributed by atoms with Crippen molar-refractivity contribution >= 4 is 68.2 Å². The number of para-hydroxylation sites is 8. The van der Waals surface area contributed by atoms with E-state index in [0.717, 1.165) is 0 Å². The van der Waals surface area contributed by atoms with Gasteiger partial charge in [-0.3, -0.25) is 0 Å². The minimum atomic E-state index is -0.251. The van der Waals surface area contributed by atoms with E-state index in [9.17, 15) is 0 Å². The van der Waals surface area contributed by atoms with Gasteiger partial charge in [-0.05, 0) is 129 Å². The van der Waals surface area contributed by atoms with Crippen LogP contribution in [0.5, 0.6) is 0 Å². The molecule has 5 aliphatic rings. The van der Waals surface area contributed by atoms with Gasteiger partial charge in [0.1, 0.15) is 0 Å². The van der Waals surface area contributed by atoms with Crippen molar-refractivity contribution < 1.29 is 0 Å². The summed E-state index contributed by atoms with van der Waals surface area (Å²) in [5.41, 5.74) is 24.8. The van der Waals surface area contributed by atoms with Gasteiger partial charge in [0.25, 0.3) is 0 Å². The molecule has 0 spiro atoms. The molecule has 4 heterocycles.